The number of hydrogen-bond acceptors (Lipinski definition) is 2. The first-order valence-electron chi connectivity index (χ1n) is 7.37. The Kier molecular flexibility index (Phi) is 4.60. The standard InChI is InChI=1S/C18H19F3N2O/c1-17(2,3)12-6-4-11(5-7-12)16(24)23-15-9-8-13(10-14(15)22)18(19,20)21/h4-10H,22H2,1-3H3,(H,23,24). The maximum absolute atomic E-state index is 12.6. The number of nitrogens with one attached hydrogen (secondary N) is 1. The van der Waals surface area contributed by atoms with Crippen LogP contribution in [0, 0.1) is 0 Å². The monoisotopic (exact) mass is 336 g/mol. The van der Waals surface area contributed by atoms with E-state index in [4.69, 9.17) is 5.73 Å². The molecule has 3 N–H and O–H groups in total. The molecule has 0 spiro atoms. The first-order valence-corrected chi connectivity index (χ1v) is 7.37. The van der Waals surface area contributed by atoms with E-state index >= 15 is 0 Å². The van der Waals surface area contributed by atoms with Crippen LogP contribution in [0.3, 0.4) is 0 Å². The topological polar surface area (TPSA) is 55.1 Å². The number of nitrogens with two attached hydrogens (primary N) is 1. The fraction of sp³-hybridized carbons (Fsp3) is 0.278. The molecule has 3 nitrogen and oxygen atoms in total. The number of anilines is 2. The molecule has 0 saturated heterocycles. The van der Waals surface area contributed by atoms with Crippen molar-refractivity contribution in [2.75, 3.05) is 11.1 Å². The van der Waals surface area contributed by atoms with Gasteiger partial charge in [0.05, 0.1) is 16.9 Å². The number of hydrogen-bond donors (Lipinski definition) is 2. The molecule has 0 heterocycles. The molecule has 0 saturated carbocycles. The lowest BCUT2D eigenvalue weighted by atomic mass is 9.87. The van der Waals surface area contributed by atoms with Gasteiger partial charge in [-0.2, -0.15) is 13.2 Å². The van der Waals surface area contributed by atoms with Crippen molar-refractivity contribution in [2.45, 2.75) is 32.4 Å². The van der Waals surface area contributed by atoms with Crippen LogP contribution in [0.1, 0.15) is 42.3 Å². The summed E-state index contributed by atoms with van der Waals surface area (Å²) in [6.07, 6.45) is -4.47. The zero-order valence-electron chi connectivity index (χ0n) is 13.7. The summed E-state index contributed by atoms with van der Waals surface area (Å²) in [5, 5.41) is 2.53. The van der Waals surface area contributed by atoms with Gasteiger partial charge >= 0.3 is 6.18 Å². The molecule has 128 valence electrons. The Hall–Kier alpha value is -2.50. The summed E-state index contributed by atoms with van der Waals surface area (Å²) < 4.78 is 37.9. The van der Waals surface area contributed by atoms with Gasteiger partial charge in [-0.3, -0.25) is 4.79 Å². The quantitative estimate of drug-likeness (QED) is 0.771. The Bertz CT molecular complexity index is 744. The molecule has 0 aromatic heterocycles. The van der Waals surface area contributed by atoms with Crippen LogP contribution >= 0.6 is 0 Å². The smallest absolute Gasteiger partial charge is 0.397 e. The second-order valence-electron chi connectivity index (χ2n) is 6.58. The highest BCUT2D eigenvalue weighted by Crippen LogP contribution is 2.33. The molecule has 0 aliphatic rings. The van der Waals surface area contributed by atoms with Gasteiger partial charge < -0.3 is 11.1 Å². The number of alkyl halides is 3. The molecular formula is C18H19F3N2O. The number of carbonyl (C=O) groups excluding carboxylic acids is 1. The van der Waals surface area contributed by atoms with Crippen molar-refractivity contribution in [3.63, 3.8) is 0 Å². The van der Waals surface area contributed by atoms with Gasteiger partial charge in [0.15, 0.2) is 0 Å². The fourth-order valence-corrected chi connectivity index (χ4v) is 2.17. The van der Waals surface area contributed by atoms with Crippen LogP contribution in [0.5, 0.6) is 0 Å². The van der Waals surface area contributed by atoms with Crippen LogP contribution in [0.2, 0.25) is 0 Å². The van der Waals surface area contributed by atoms with Crippen molar-refractivity contribution >= 4 is 17.3 Å². The van der Waals surface area contributed by atoms with E-state index in [1.165, 1.54) is 0 Å². The van der Waals surface area contributed by atoms with Crippen molar-refractivity contribution in [3.05, 3.63) is 59.2 Å². The second kappa shape index (κ2) is 6.19. The molecule has 0 atom stereocenters. The van der Waals surface area contributed by atoms with Gasteiger partial charge in [0.1, 0.15) is 0 Å². The van der Waals surface area contributed by atoms with Gasteiger partial charge in [0.25, 0.3) is 5.91 Å². The van der Waals surface area contributed by atoms with Crippen molar-refractivity contribution in [2.24, 2.45) is 0 Å². The molecule has 1 amide bonds. The Balaban J connectivity index is 2.18. The molecule has 0 aliphatic carbocycles. The third-order valence-corrected chi connectivity index (χ3v) is 3.64. The lowest BCUT2D eigenvalue weighted by Gasteiger charge is -2.19. The highest BCUT2D eigenvalue weighted by molar-refractivity contribution is 6.05. The van der Waals surface area contributed by atoms with E-state index in [-0.39, 0.29) is 16.8 Å². The Morgan fingerprint density at radius 1 is 0.958 bits per heavy atom. The van der Waals surface area contributed by atoms with E-state index in [2.05, 4.69) is 26.1 Å². The van der Waals surface area contributed by atoms with Crippen molar-refractivity contribution < 1.29 is 18.0 Å². The Labute approximate surface area is 138 Å². The zero-order valence-corrected chi connectivity index (χ0v) is 13.7. The molecule has 2 aromatic rings. The zero-order chi connectivity index (χ0) is 18.1. The summed E-state index contributed by atoms with van der Waals surface area (Å²) >= 11 is 0. The van der Waals surface area contributed by atoms with Crippen LogP contribution in [-0.4, -0.2) is 5.91 Å². The van der Waals surface area contributed by atoms with E-state index in [1.807, 2.05) is 12.1 Å². The van der Waals surface area contributed by atoms with E-state index in [0.29, 0.717) is 5.56 Å². The number of benzene rings is 2. The van der Waals surface area contributed by atoms with Crippen molar-refractivity contribution in [3.8, 4) is 0 Å². The molecule has 6 heteroatoms. The van der Waals surface area contributed by atoms with Gasteiger partial charge in [-0.1, -0.05) is 32.9 Å². The third kappa shape index (κ3) is 4.07. The largest absolute Gasteiger partial charge is 0.416 e. The Morgan fingerprint density at radius 3 is 1.96 bits per heavy atom. The molecule has 0 unspecified atom stereocenters. The SMILES string of the molecule is CC(C)(C)c1ccc(C(=O)Nc2ccc(C(F)(F)F)cc2N)cc1. The average molecular weight is 336 g/mol. The van der Waals surface area contributed by atoms with Crippen LogP contribution < -0.4 is 11.1 Å². The number of carbonyl (C=O) groups is 1. The highest BCUT2D eigenvalue weighted by Gasteiger charge is 2.30. The number of halogens is 3. The van der Waals surface area contributed by atoms with Crippen LogP contribution in [0.4, 0.5) is 24.5 Å². The summed E-state index contributed by atoms with van der Waals surface area (Å²) in [5.74, 6) is -0.429. The van der Waals surface area contributed by atoms with E-state index in [0.717, 1.165) is 23.8 Å². The van der Waals surface area contributed by atoms with E-state index < -0.39 is 17.6 Å². The molecule has 0 aliphatic heterocycles. The molecule has 0 bridgehead atoms. The van der Waals surface area contributed by atoms with Gasteiger partial charge in [-0.05, 0) is 41.3 Å². The molecule has 24 heavy (non-hydrogen) atoms. The van der Waals surface area contributed by atoms with Gasteiger partial charge in [0.2, 0.25) is 0 Å². The molecule has 2 rings (SSSR count). The maximum Gasteiger partial charge on any atom is 0.416 e. The Morgan fingerprint density at radius 2 is 1.50 bits per heavy atom. The van der Waals surface area contributed by atoms with Crippen LogP contribution in [-0.2, 0) is 11.6 Å². The highest BCUT2D eigenvalue weighted by atomic mass is 19.4. The second-order valence-corrected chi connectivity index (χ2v) is 6.58. The average Bonchev–Trinajstić information content (AvgIpc) is 2.47. The van der Waals surface area contributed by atoms with Gasteiger partial charge in [0, 0.05) is 5.56 Å². The summed E-state index contributed by atoms with van der Waals surface area (Å²) in [5.41, 5.74) is 6.22. The molecule has 0 radical (unpaired) electrons. The minimum atomic E-state index is -4.47. The normalized spacial score (nSPS) is 12.1. The lowest BCUT2D eigenvalue weighted by molar-refractivity contribution is -0.137. The minimum Gasteiger partial charge on any atom is -0.397 e. The van der Waals surface area contributed by atoms with Crippen LogP contribution in [0.15, 0.2) is 42.5 Å². The summed E-state index contributed by atoms with van der Waals surface area (Å²) in [6.45, 7) is 6.18. The minimum absolute atomic E-state index is 0.0349. The summed E-state index contributed by atoms with van der Waals surface area (Å²) in [7, 11) is 0. The molecule has 0 fully saturated rings. The number of rotatable bonds is 2. The van der Waals surface area contributed by atoms with Crippen molar-refractivity contribution in [1.29, 1.82) is 0 Å². The van der Waals surface area contributed by atoms with Gasteiger partial charge in [-0.25, -0.2) is 0 Å². The summed E-state index contributed by atoms with van der Waals surface area (Å²) in [6, 6.07) is 9.90. The summed E-state index contributed by atoms with van der Waals surface area (Å²) in [4.78, 5) is 12.2. The number of amides is 1. The van der Waals surface area contributed by atoms with Crippen LogP contribution in [0.25, 0.3) is 0 Å². The first kappa shape index (κ1) is 17.8. The van der Waals surface area contributed by atoms with E-state index in [1.54, 1.807) is 12.1 Å². The fourth-order valence-electron chi connectivity index (χ4n) is 2.17. The first-order chi connectivity index (χ1) is 11.0. The third-order valence-electron chi connectivity index (χ3n) is 3.64. The predicted molar refractivity (Wildman–Crippen MR) is 89.0 cm³/mol. The lowest BCUT2D eigenvalue weighted by Crippen LogP contribution is -2.15. The molecule has 2 aromatic carbocycles. The molecular weight excluding hydrogens is 317 g/mol. The predicted octanol–water partition coefficient (Wildman–Crippen LogP) is 4.84. The van der Waals surface area contributed by atoms with Gasteiger partial charge in [-0.15, -0.1) is 0 Å². The number of nitrogen functional groups attached to an aromatic ring is 1. The maximum atomic E-state index is 12.6. The van der Waals surface area contributed by atoms with E-state index in [9.17, 15) is 18.0 Å². The van der Waals surface area contributed by atoms with Crippen molar-refractivity contribution in [1.82, 2.24) is 0 Å².